The Hall–Kier alpha value is -3.24. The molecule has 3 aromatic carbocycles. The van der Waals surface area contributed by atoms with Gasteiger partial charge in [0.05, 0.1) is 7.11 Å². The van der Waals surface area contributed by atoms with Crippen molar-refractivity contribution in [3.05, 3.63) is 94.5 Å². The molecule has 158 valence electrons. The highest BCUT2D eigenvalue weighted by Crippen LogP contribution is 2.44. The number of nitrogens with one attached hydrogen (secondary N) is 1. The zero-order valence-electron chi connectivity index (χ0n) is 17.3. The molecule has 4 rings (SSSR count). The zero-order chi connectivity index (χ0) is 21.6. The first-order chi connectivity index (χ1) is 15.2. The van der Waals surface area contributed by atoms with Crippen molar-refractivity contribution in [3.63, 3.8) is 0 Å². The molecule has 0 radical (unpaired) electrons. The summed E-state index contributed by atoms with van der Waals surface area (Å²) in [7, 11) is 1.62. The average Bonchev–Trinajstić information content (AvgIpc) is 3.12. The minimum absolute atomic E-state index is 0.0632. The van der Waals surface area contributed by atoms with E-state index in [1.807, 2.05) is 48.6 Å². The van der Waals surface area contributed by atoms with Gasteiger partial charge in [0.25, 0.3) is 0 Å². The molecule has 0 heterocycles. The van der Waals surface area contributed by atoms with Crippen LogP contribution < -0.4 is 10.1 Å². The first kappa shape index (κ1) is 21.0. The lowest BCUT2D eigenvalue weighted by Gasteiger charge is -2.14. The number of methoxy groups -OCH3 is 1. The van der Waals surface area contributed by atoms with Gasteiger partial charge in [-0.1, -0.05) is 72.3 Å². The number of hydrogen-bond donors (Lipinski definition) is 1. The van der Waals surface area contributed by atoms with Gasteiger partial charge in [-0.25, -0.2) is 4.79 Å². The third-order valence-electron chi connectivity index (χ3n) is 5.42. The van der Waals surface area contributed by atoms with Crippen LogP contribution >= 0.6 is 11.6 Å². The number of amides is 1. The summed E-state index contributed by atoms with van der Waals surface area (Å²) in [6.07, 6.45) is 4.14. The second kappa shape index (κ2) is 9.71. The van der Waals surface area contributed by atoms with Crippen molar-refractivity contribution in [2.75, 3.05) is 20.3 Å². The number of benzene rings is 3. The largest absolute Gasteiger partial charge is 0.497 e. The zero-order valence-corrected chi connectivity index (χ0v) is 18.1. The standard InChI is InChI=1S/C26H24ClNO3/c1-30-19-13-14-25(27)18(16-19)8-6-7-15-28-26(29)31-17-24-22-11-4-2-9-20(22)21-10-3-5-12-23(21)24/h2-6,8-14,16,24H,7,15,17H2,1H3,(H,28,29). The van der Waals surface area contributed by atoms with Crippen molar-refractivity contribution >= 4 is 23.8 Å². The lowest BCUT2D eigenvalue weighted by Crippen LogP contribution is -2.26. The number of rotatable bonds is 7. The highest BCUT2D eigenvalue weighted by Gasteiger charge is 2.28. The summed E-state index contributed by atoms with van der Waals surface area (Å²) in [6.45, 7) is 0.796. The van der Waals surface area contributed by atoms with E-state index in [0.717, 1.165) is 11.3 Å². The summed E-state index contributed by atoms with van der Waals surface area (Å²) in [6, 6.07) is 22.1. The summed E-state index contributed by atoms with van der Waals surface area (Å²) < 4.78 is 10.8. The van der Waals surface area contributed by atoms with Crippen molar-refractivity contribution in [2.45, 2.75) is 12.3 Å². The highest BCUT2D eigenvalue weighted by molar-refractivity contribution is 6.32. The van der Waals surface area contributed by atoms with Crippen LogP contribution in [0.5, 0.6) is 5.75 Å². The fraction of sp³-hybridized carbons (Fsp3) is 0.192. The number of carbonyl (C=O) groups excluding carboxylic acids is 1. The van der Waals surface area contributed by atoms with Crippen molar-refractivity contribution in [3.8, 4) is 16.9 Å². The molecule has 4 nitrogen and oxygen atoms in total. The van der Waals surface area contributed by atoms with Crippen molar-refractivity contribution in [2.24, 2.45) is 0 Å². The van der Waals surface area contributed by atoms with Crippen LogP contribution in [0.15, 0.2) is 72.8 Å². The van der Waals surface area contributed by atoms with Crippen LogP contribution in [0.4, 0.5) is 4.79 Å². The van der Waals surface area contributed by atoms with Gasteiger partial charge in [-0.05, 0) is 52.4 Å². The van der Waals surface area contributed by atoms with Crippen LogP contribution in [0.25, 0.3) is 17.2 Å². The molecule has 0 unspecified atom stereocenters. The van der Waals surface area contributed by atoms with Crippen LogP contribution in [-0.2, 0) is 4.74 Å². The van der Waals surface area contributed by atoms with E-state index in [1.165, 1.54) is 22.3 Å². The Kier molecular flexibility index (Phi) is 6.58. The van der Waals surface area contributed by atoms with Crippen LogP contribution in [0.2, 0.25) is 5.02 Å². The van der Waals surface area contributed by atoms with Crippen molar-refractivity contribution in [1.29, 1.82) is 0 Å². The molecule has 1 aliphatic carbocycles. The fourth-order valence-corrected chi connectivity index (χ4v) is 4.07. The van der Waals surface area contributed by atoms with Gasteiger partial charge in [-0.3, -0.25) is 0 Å². The Labute approximate surface area is 187 Å². The maximum Gasteiger partial charge on any atom is 0.407 e. The highest BCUT2D eigenvalue weighted by atomic mass is 35.5. The van der Waals surface area contributed by atoms with Gasteiger partial charge >= 0.3 is 6.09 Å². The minimum atomic E-state index is -0.408. The molecule has 31 heavy (non-hydrogen) atoms. The summed E-state index contributed by atoms with van der Waals surface area (Å²) in [5.74, 6) is 0.814. The summed E-state index contributed by atoms with van der Waals surface area (Å²) in [5.41, 5.74) is 5.72. The number of carbonyl (C=O) groups is 1. The second-order valence-electron chi connectivity index (χ2n) is 7.33. The minimum Gasteiger partial charge on any atom is -0.497 e. The van der Waals surface area contributed by atoms with Gasteiger partial charge in [-0.15, -0.1) is 0 Å². The Bertz CT molecular complexity index is 1060. The SMILES string of the molecule is COc1ccc(Cl)c(C=CCCNC(=O)OCC2c3ccccc3-c3ccccc32)c1. The van der Waals surface area contributed by atoms with Crippen LogP contribution in [0.3, 0.4) is 0 Å². The lowest BCUT2D eigenvalue weighted by atomic mass is 9.98. The molecule has 3 aromatic rings. The second-order valence-corrected chi connectivity index (χ2v) is 7.74. The first-order valence-electron chi connectivity index (χ1n) is 10.3. The van der Waals surface area contributed by atoms with Crippen molar-refractivity contribution < 1.29 is 14.3 Å². The van der Waals surface area contributed by atoms with E-state index in [4.69, 9.17) is 21.1 Å². The van der Waals surface area contributed by atoms with E-state index in [1.54, 1.807) is 13.2 Å². The molecule has 5 heteroatoms. The number of fused-ring (bicyclic) bond motifs is 3. The predicted octanol–water partition coefficient (Wildman–Crippen LogP) is 6.29. The average molecular weight is 434 g/mol. The molecule has 0 spiro atoms. The molecule has 0 aromatic heterocycles. The molecule has 0 bridgehead atoms. The monoisotopic (exact) mass is 433 g/mol. The Morgan fingerprint density at radius 2 is 1.71 bits per heavy atom. The number of alkyl carbamates (subject to hydrolysis) is 1. The summed E-state index contributed by atoms with van der Waals surface area (Å²) in [4.78, 5) is 12.2. The van der Waals surface area contributed by atoms with Gasteiger partial charge in [0.1, 0.15) is 12.4 Å². The first-order valence-corrected chi connectivity index (χ1v) is 10.6. The van der Waals surface area contributed by atoms with Gasteiger partial charge in [0, 0.05) is 17.5 Å². The Morgan fingerprint density at radius 1 is 1.03 bits per heavy atom. The maximum absolute atomic E-state index is 12.2. The van der Waals surface area contributed by atoms with E-state index >= 15 is 0 Å². The molecular weight excluding hydrogens is 410 g/mol. The van der Waals surface area contributed by atoms with Crippen molar-refractivity contribution in [1.82, 2.24) is 5.32 Å². The van der Waals surface area contributed by atoms with Crippen LogP contribution in [0, 0.1) is 0 Å². The molecule has 1 aliphatic rings. The molecule has 1 N–H and O–H groups in total. The molecule has 0 aliphatic heterocycles. The van der Waals surface area contributed by atoms with E-state index in [9.17, 15) is 4.79 Å². The van der Waals surface area contributed by atoms with Gasteiger partial charge in [-0.2, -0.15) is 0 Å². The van der Waals surface area contributed by atoms with Gasteiger partial charge in [0.15, 0.2) is 0 Å². The molecule has 1 amide bonds. The van der Waals surface area contributed by atoms with E-state index < -0.39 is 6.09 Å². The maximum atomic E-state index is 12.2. The number of hydrogen-bond acceptors (Lipinski definition) is 3. The molecule has 0 saturated heterocycles. The van der Waals surface area contributed by atoms with E-state index in [-0.39, 0.29) is 5.92 Å². The van der Waals surface area contributed by atoms with Gasteiger partial charge < -0.3 is 14.8 Å². The summed E-state index contributed by atoms with van der Waals surface area (Å²) in [5, 5.41) is 3.46. The Morgan fingerprint density at radius 3 is 2.39 bits per heavy atom. The smallest absolute Gasteiger partial charge is 0.407 e. The fourth-order valence-electron chi connectivity index (χ4n) is 3.89. The van der Waals surface area contributed by atoms with Gasteiger partial charge in [0.2, 0.25) is 0 Å². The molecule has 0 atom stereocenters. The summed E-state index contributed by atoms with van der Waals surface area (Å²) >= 11 is 6.20. The normalized spacial score (nSPS) is 12.5. The number of halogens is 1. The third-order valence-corrected chi connectivity index (χ3v) is 5.77. The molecular formula is C26H24ClNO3. The third kappa shape index (κ3) is 4.75. The van der Waals surface area contributed by atoms with E-state index in [2.05, 4.69) is 29.6 Å². The lowest BCUT2D eigenvalue weighted by molar-refractivity contribution is 0.143. The number of ether oxygens (including phenoxy) is 2. The van der Waals surface area contributed by atoms with E-state index in [0.29, 0.717) is 24.6 Å². The predicted molar refractivity (Wildman–Crippen MR) is 125 cm³/mol. The molecule has 0 fully saturated rings. The van der Waals surface area contributed by atoms with Crippen LogP contribution in [-0.4, -0.2) is 26.4 Å². The van der Waals surface area contributed by atoms with Crippen LogP contribution in [0.1, 0.15) is 29.0 Å². The molecule has 0 saturated carbocycles. The Balaban J connectivity index is 1.28. The topological polar surface area (TPSA) is 47.6 Å². The quantitative estimate of drug-likeness (QED) is 0.445.